The van der Waals surface area contributed by atoms with Gasteiger partial charge in [-0.2, -0.15) is 0 Å². The third kappa shape index (κ3) is 3.98. The van der Waals surface area contributed by atoms with E-state index in [4.69, 9.17) is 23.2 Å². The monoisotopic (exact) mass is 396 g/mol. The summed E-state index contributed by atoms with van der Waals surface area (Å²) in [5.74, 6) is -0.873. The van der Waals surface area contributed by atoms with Crippen molar-refractivity contribution in [2.24, 2.45) is 0 Å². The molecular weight excluding hydrogens is 386 g/mol. The van der Waals surface area contributed by atoms with Crippen LogP contribution in [0.25, 0.3) is 6.08 Å². The summed E-state index contributed by atoms with van der Waals surface area (Å²) in [6.45, 7) is -0.0677. The van der Waals surface area contributed by atoms with Crippen molar-refractivity contribution in [1.29, 1.82) is 0 Å². The van der Waals surface area contributed by atoms with Gasteiger partial charge in [-0.05, 0) is 48.2 Å². The van der Waals surface area contributed by atoms with Gasteiger partial charge in [0.2, 0.25) is 0 Å². The Balaban J connectivity index is 1.77. The van der Waals surface area contributed by atoms with E-state index in [2.05, 4.69) is 5.32 Å². The molecule has 0 aromatic heterocycles. The van der Waals surface area contributed by atoms with Crippen LogP contribution >= 0.6 is 35.0 Å². The summed E-state index contributed by atoms with van der Waals surface area (Å²) < 4.78 is 13.2. The fourth-order valence-corrected chi connectivity index (χ4v) is 3.51. The van der Waals surface area contributed by atoms with E-state index in [0.717, 1.165) is 16.7 Å². The van der Waals surface area contributed by atoms with Gasteiger partial charge in [0.05, 0.1) is 11.6 Å². The lowest BCUT2D eigenvalue weighted by Crippen LogP contribution is -2.33. The molecule has 25 heavy (non-hydrogen) atoms. The number of thioether (sulfide) groups is 1. The van der Waals surface area contributed by atoms with Gasteiger partial charge in [-0.25, -0.2) is 4.39 Å². The van der Waals surface area contributed by atoms with E-state index in [1.807, 2.05) is 0 Å². The fourth-order valence-electron chi connectivity index (χ4n) is 2.18. The molecular formula is C17H11Cl2FN2O2S. The molecule has 0 unspecified atom stereocenters. The van der Waals surface area contributed by atoms with Crippen molar-refractivity contribution in [3.63, 3.8) is 0 Å². The normalized spacial score (nSPS) is 16.0. The van der Waals surface area contributed by atoms with E-state index in [9.17, 15) is 14.0 Å². The van der Waals surface area contributed by atoms with Crippen molar-refractivity contribution in [1.82, 2.24) is 4.90 Å². The van der Waals surface area contributed by atoms with E-state index in [0.29, 0.717) is 21.3 Å². The molecule has 2 amide bonds. The zero-order chi connectivity index (χ0) is 18.0. The Labute approximate surface area is 157 Å². The van der Waals surface area contributed by atoms with Crippen LogP contribution < -0.4 is 5.32 Å². The highest BCUT2D eigenvalue weighted by atomic mass is 35.5. The highest BCUT2D eigenvalue weighted by Gasteiger charge is 2.35. The summed E-state index contributed by atoms with van der Waals surface area (Å²) in [6, 6.07) is 10.7. The van der Waals surface area contributed by atoms with Crippen LogP contribution in [0, 0.1) is 5.82 Å². The maximum atomic E-state index is 13.2. The first-order valence-corrected chi connectivity index (χ1v) is 8.72. The molecule has 0 atom stereocenters. The summed E-state index contributed by atoms with van der Waals surface area (Å²) in [5, 5.41) is 3.19. The number of carbonyl (C=O) groups is 2. The van der Waals surface area contributed by atoms with Crippen molar-refractivity contribution in [2.45, 2.75) is 0 Å². The zero-order valence-electron chi connectivity index (χ0n) is 12.6. The molecule has 4 nitrogen and oxygen atoms in total. The standard InChI is InChI=1S/C17H11Cl2FN2O2S/c18-13-5-2-6-14(19)12(13)8-15-16(23)22(17(24)25-15)9-21-11-4-1-3-10(20)7-11/h1-8,21H,9H2/b15-8-. The minimum atomic E-state index is -0.463. The maximum Gasteiger partial charge on any atom is 0.295 e. The number of amides is 2. The molecule has 0 bridgehead atoms. The minimum Gasteiger partial charge on any atom is -0.367 e. The van der Waals surface area contributed by atoms with Crippen LogP contribution in [0.2, 0.25) is 10.0 Å². The second kappa shape index (κ2) is 7.47. The summed E-state index contributed by atoms with van der Waals surface area (Å²) >= 11 is 13.0. The summed E-state index contributed by atoms with van der Waals surface area (Å²) in [7, 11) is 0. The van der Waals surface area contributed by atoms with E-state index >= 15 is 0 Å². The van der Waals surface area contributed by atoms with Crippen molar-refractivity contribution in [2.75, 3.05) is 12.0 Å². The molecule has 0 saturated carbocycles. The summed E-state index contributed by atoms with van der Waals surface area (Å²) in [5.41, 5.74) is 0.951. The van der Waals surface area contributed by atoms with E-state index < -0.39 is 17.0 Å². The molecule has 8 heteroatoms. The van der Waals surface area contributed by atoms with E-state index in [1.54, 1.807) is 24.3 Å². The topological polar surface area (TPSA) is 49.4 Å². The molecule has 1 aliphatic heterocycles. The Bertz CT molecular complexity index is 868. The maximum absolute atomic E-state index is 13.2. The molecule has 1 heterocycles. The number of carbonyl (C=O) groups excluding carboxylic acids is 2. The number of hydrogen-bond acceptors (Lipinski definition) is 4. The molecule has 0 radical (unpaired) electrons. The van der Waals surface area contributed by atoms with Crippen LogP contribution in [0.3, 0.4) is 0 Å². The van der Waals surface area contributed by atoms with Gasteiger partial charge in [-0.1, -0.05) is 35.3 Å². The van der Waals surface area contributed by atoms with Crippen LogP contribution in [0.5, 0.6) is 0 Å². The predicted molar refractivity (Wildman–Crippen MR) is 99.2 cm³/mol. The van der Waals surface area contributed by atoms with Crippen molar-refractivity contribution in [3.8, 4) is 0 Å². The first kappa shape index (κ1) is 17.8. The molecule has 1 fully saturated rings. The summed E-state index contributed by atoms with van der Waals surface area (Å²) in [4.78, 5) is 25.8. The Morgan fingerprint density at radius 2 is 1.80 bits per heavy atom. The number of halogens is 3. The van der Waals surface area contributed by atoms with Gasteiger partial charge < -0.3 is 5.32 Å². The van der Waals surface area contributed by atoms with Crippen LogP contribution in [-0.4, -0.2) is 22.7 Å². The molecule has 1 saturated heterocycles. The SMILES string of the molecule is O=C1S/C(=C\c2c(Cl)cccc2Cl)C(=O)N1CNc1cccc(F)c1. The molecule has 2 aromatic carbocycles. The Morgan fingerprint density at radius 3 is 2.48 bits per heavy atom. The number of anilines is 1. The molecule has 0 spiro atoms. The van der Waals surface area contributed by atoms with Crippen LogP contribution in [0.4, 0.5) is 14.9 Å². The van der Waals surface area contributed by atoms with Gasteiger partial charge in [-0.15, -0.1) is 0 Å². The highest BCUT2D eigenvalue weighted by Crippen LogP contribution is 2.35. The van der Waals surface area contributed by atoms with Gasteiger partial charge in [0, 0.05) is 21.3 Å². The molecule has 2 aromatic rings. The van der Waals surface area contributed by atoms with Crippen LogP contribution in [0.1, 0.15) is 5.56 Å². The number of nitrogens with one attached hydrogen (secondary N) is 1. The second-order valence-corrected chi connectivity index (χ2v) is 6.90. The fraction of sp³-hybridized carbons (Fsp3) is 0.0588. The van der Waals surface area contributed by atoms with Gasteiger partial charge >= 0.3 is 0 Å². The Kier molecular flexibility index (Phi) is 5.32. The molecule has 1 aliphatic rings. The van der Waals surface area contributed by atoms with Crippen molar-refractivity contribution < 1.29 is 14.0 Å². The van der Waals surface area contributed by atoms with Gasteiger partial charge in [0.25, 0.3) is 11.1 Å². The molecule has 128 valence electrons. The zero-order valence-corrected chi connectivity index (χ0v) is 15.0. The number of imide groups is 1. The average molecular weight is 397 g/mol. The lowest BCUT2D eigenvalue weighted by atomic mass is 10.2. The molecule has 0 aliphatic carbocycles. The molecule has 1 N–H and O–H groups in total. The minimum absolute atomic E-state index is 0.0677. The van der Waals surface area contributed by atoms with Crippen LogP contribution in [0.15, 0.2) is 47.4 Å². The number of benzene rings is 2. The first-order chi connectivity index (χ1) is 12.0. The summed E-state index contributed by atoms with van der Waals surface area (Å²) in [6.07, 6.45) is 1.50. The van der Waals surface area contributed by atoms with Crippen molar-refractivity contribution >= 4 is 57.9 Å². The van der Waals surface area contributed by atoms with Crippen molar-refractivity contribution in [3.05, 3.63) is 68.8 Å². The lowest BCUT2D eigenvalue weighted by Gasteiger charge is -2.14. The highest BCUT2D eigenvalue weighted by molar-refractivity contribution is 8.18. The third-order valence-electron chi connectivity index (χ3n) is 3.41. The van der Waals surface area contributed by atoms with Gasteiger partial charge in [0.1, 0.15) is 5.82 Å². The lowest BCUT2D eigenvalue weighted by molar-refractivity contribution is -0.122. The smallest absolute Gasteiger partial charge is 0.295 e. The Morgan fingerprint density at radius 1 is 1.12 bits per heavy atom. The van der Waals surface area contributed by atoms with Crippen LogP contribution in [-0.2, 0) is 4.79 Å². The number of nitrogens with zero attached hydrogens (tertiary/aromatic N) is 1. The van der Waals surface area contributed by atoms with E-state index in [1.165, 1.54) is 24.3 Å². The number of rotatable bonds is 4. The third-order valence-corrected chi connectivity index (χ3v) is 4.98. The van der Waals surface area contributed by atoms with Gasteiger partial charge in [0.15, 0.2) is 0 Å². The quantitative estimate of drug-likeness (QED) is 0.717. The van der Waals surface area contributed by atoms with E-state index in [-0.39, 0.29) is 11.6 Å². The molecule has 3 rings (SSSR count). The number of hydrogen-bond donors (Lipinski definition) is 1. The average Bonchev–Trinajstić information content (AvgIpc) is 2.83. The first-order valence-electron chi connectivity index (χ1n) is 7.14. The predicted octanol–water partition coefficient (Wildman–Crippen LogP) is 5.24. The Hall–Kier alpha value is -2.02. The largest absolute Gasteiger partial charge is 0.367 e. The second-order valence-electron chi connectivity index (χ2n) is 5.09. The van der Waals surface area contributed by atoms with Gasteiger partial charge in [-0.3, -0.25) is 14.5 Å².